The molecule has 2 heterocycles. The van der Waals surface area contributed by atoms with E-state index in [1.165, 1.54) is 25.5 Å². The maximum Gasteiger partial charge on any atom is 0.275 e. The molecule has 3 aromatic rings. The Morgan fingerprint density at radius 1 is 1.11 bits per heavy atom. The number of carbonyl (C=O) groups is 1. The van der Waals surface area contributed by atoms with Gasteiger partial charge >= 0.3 is 0 Å². The van der Waals surface area contributed by atoms with Crippen molar-refractivity contribution in [1.82, 2.24) is 5.43 Å². The average Bonchev–Trinajstić information content (AvgIpc) is 3.22. The van der Waals surface area contributed by atoms with Gasteiger partial charge in [-0.2, -0.15) is 5.10 Å². The number of ether oxygens (including phenoxy) is 1. The van der Waals surface area contributed by atoms with E-state index in [2.05, 4.69) is 15.4 Å². The highest BCUT2D eigenvalue weighted by Gasteiger charge is 2.15. The first-order valence-corrected chi connectivity index (χ1v) is 9.49. The third kappa shape index (κ3) is 3.86. The van der Waals surface area contributed by atoms with Crippen LogP contribution < -0.4 is 15.1 Å². The highest BCUT2D eigenvalue weighted by atomic mass is 16.5. The van der Waals surface area contributed by atoms with Crippen LogP contribution in [0.3, 0.4) is 0 Å². The van der Waals surface area contributed by atoms with Gasteiger partial charge in [0.15, 0.2) is 5.88 Å². The van der Waals surface area contributed by atoms with Crippen molar-refractivity contribution >= 4 is 28.8 Å². The van der Waals surface area contributed by atoms with Crippen LogP contribution in [-0.2, 0) is 0 Å². The molecule has 6 nitrogen and oxygen atoms in total. The van der Waals surface area contributed by atoms with Crippen molar-refractivity contribution in [2.75, 3.05) is 25.1 Å². The van der Waals surface area contributed by atoms with Crippen molar-refractivity contribution in [2.24, 2.45) is 5.10 Å². The topological polar surface area (TPSA) is 67.1 Å². The zero-order valence-electron chi connectivity index (χ0n) is 15.9. The summed E-state index contributed by atoms with van der Waals surface area (Å²) >= 11 is 0. The molecular formula is C22H23N3O3. The number of benzene rings is 2. The Kier molecular flexibility index (Phi) is 5.28. The fourth-order valence-electron chi connectivity index (χ4n) is 3.48. The number of fused-ring (bicyclic) bond motifs is 1. The molecule has 2 aromatic carbocycles. The summed E-state index contributed by atoms with van der Waals surface area (Å²) in [5, 5.41) is 6.02. The predicted molar refractivity (Wildman–Crippen MR) is 110 cm³/mol. The number of hydrogen-bond donors (Lipinski definition) is 1. The van der Waals surface area contributed by atoms with Crippen molar-refractivity contribution in [3.8, 4) is 5.75 Å². The number of hydrazone groups is 1. The van der Waals surface area contributed by atoms with E-state index >= 15 is 0 Å². The standard InChI is InChI=1S/C22H23N3O3/c1-27-20-14-17-8-4-3-7-16(17)13-19(20)22(26)24-23-15-18-9-10-21(28-18)25-11-5-2-6-12-25/h3-4,7-10,13-15H,2,5-6,11-12H2,1H3,(H,24,26). The molecule has 144 valence electrons. The van der Waals surface area contributed by atoms with Crippen LogP contribution in [0.5, 0.6) is 5.75 Å². The first-order chi connectivity index (χ1) is 13.7. The van der Waals surface area contributed by atoms with Crippen molar-refractivity contribution in [1.29, 1.82) is 0 Å². The molecule has 1 amide bonds. The minimum Gasteiger partial charge on any atom is -0.496 e. The molecule has 1 fully saturated rings. The summed E-state index contributed by atoms with van der Waals surface area (Å²) in [6.07, 6.45) is 5.16. The lowest BCUT2D eigenvalue weighted by molar-refractivity contribution is 0.0952. The van der Waals surface area contributed by atoms with Crippen molar-refractivity contribution < 1.29 is 13.9 Å². The Hall–Kier alpha value is -3.28. The second-order valence-electron chi connectivity index (χ2n) is 6.82. The van der Waals surface area contributed by atoms with Gasteiger partial charge in [0, 0.05) is 19.2 Å². The van der Waals surface area contributed by atoms with Gasteiger partial charge in [-0.15, -0.1) is 0 Å². The monoisotopic (exact) mass is 377 g/mol. The normalized spacial score (nSPS) is 14.5. The molecule has 4 rings (SSSR count). The fraction of sp³-hybridized carbons (Fsp3) is 0.273. The van der Waals surface area contributed by atoms with E-state index in [-0.39, 0.29) is 5.91 Å². The van der Waals surface area contributed by atoms with E-state index in [4.69, 9.17) is 9.15 Å². The minimum absolute atomic E-state index is 0.332. The summed E-state index contributed by atoms with van der Waals surface area (Å²) in [5.41, 5.74) is 2.99. The summed E-state index contributed by atoms with van der Waals surface area (Å²) in [4.78, 5) is 14.8. The van der Waals surface area contributed by atoms with Crippen LogP contribution in [0.4, 0.5) is 5.88 Å². The first-order valence-electron chi connectivity index (χ1n) is 9.49. The van der Waals surface area contributed by atoms with Gasteiger partial charge in [0.1, 0.15) is 11.5 Å². The Labute approximate surface area is 163 Å². The van der Waals surface area contributed by atoms with Gasteiger partial charge < -0.3 is 14.1 Å². The Morgan fingerprint density at radius 2 is 1.86 bits per heavy atom. The summed E-state index contributed by atoms with van der Waals surface area (Å²) in [6, 6.07) is 15.3. The lowest BCUT2D eigenvalue weighted by Gasteiger charge is -2.25. The Balaban J connectivity index is 1.45. The smallest absolute Gasteiger partial charge is 0.275 e. The number of nitrogens with one attached hydrogen (secondary N) is 1. The number of piperidine rings is 1. The van der Waals surface area contributed by atoms with E-state index in [1.807, 2.05) is 42.5 Å². The number of amides is 1. The van der Waals surface area contributed by atoms with Gasteiger partial charge in [-0.3, -0.25) is 4.79 Å². The molecule has 1 saturated heterocycles. The summed E-state index contributed by atoms with van der Waals surface area (Å²) in [5.74, 6) is 1.63. The lowest BCUT2D eigenvalue weighted by atomic mass is 10.1. The van der Waals surface area contributed by atoms with Crippen LogP contribution in [0.15, 0.2) is 58.0 Å². The van der Waals surface area contributed by atoms with Gasteiger partial charge in [0.2, 0.25) is 0 Å². The molecule has 6 heteroatoms. The van der Waals surface area contributed by atoms with Gasteiger partial charge in [-0.25, -0.2) is 5.43 Å². The number of anilines is 1. The summed E-state index contributed by atoms with van der Waals surface area (Å²) < 4.78 is 11.2. The van der Waals surface area contributed by atoms with Crippen molar-refractivity contribution in [2.45, 2.75) is 19.3 Å². The van der Waals surface area contributed by atoms with Gasteiger partial charge in [0.05, 0.1) is 18.9 Å². The molecule has 0 aliphatic carbocycles. The van der Waals surface area contributed by atoms with Crippen LogP contribution in [0.25, 0.3) is 10.8 Å². The molecule has 0 atom stereocenters. The van der Waals surface area contributed by atoms with E-state index < -0.39 is 0 Å². The maximum absolute atomic E-state index is 12.6. The third-order valence-corrected chi connectivity index (χ3v) is 4.95. The first kappa shape index (κ1) is 18.1. The highest BCUT2D eigenvalue weighted by molar-refractivity contribution is 6.01. The molecule has 0 unspecified atom stereocenters. The number of furan rings is 1. The lowest BCUT2D eigenvalue weighted by Crippen LogP contribution is -2.28. The Bertz CT molecular complexity index is 1000. The average molecular weight is 377 g/mol. The van der Waals surface area contributed by atoms with E-state index in [0.29, 0.717) is 17.1 Å². The van der Waals surface area contributed by atoms with Gasteiger partial charge in [-0.05, 0) is 48.2 Å². The number of rotatable bonds is 5. The second kappa shape index (κ2) is 8.17. The molecule has 0 bridgehead atoms. The highest BCUT2D eigenvalue weighted by Crippen LogP contribution is 2.26. The molecule has 0 radical (unpaired) electrons. The van der Waals surface area contributed by atoms with E-state index in [0.717, 1.165) is 29.7 Å². The molecule has 1 aliphatic rings. The van der Waals surface area contributed by atoms with Crippen LogP contribution >= 0.6 is 0 Å². The zero-order valence-corrected chi connectivity index (χ0v) is 15.9. The largest absolute Gasteiger partial charge is 0.496 e. The minimum atomic E-state index is -0.332. The number of hydrogen-bond acceptors (Lipinski definition) is 5. The molecule has 0 spiro atoms. The summed E-state index contributed by atoms with van der Waals surface area (Å²) in [6.45, 7) is 2.03. The molecule has 28 heavy (non-hydrogen) atoms. The molecule has 0 saturated carbocycles. The van der Waals surface area contributed by atoms with E-state index in [1.54, 1.807) is 13.2 Å². The van der Waals surface area contributed by atoms with Crippen molar-refractivity contribution in [3.63, 3.8) is 0 Å². The Morgan fingerprint density at radius 3 is 2.61 bits per heavy atom. The van der Waals surface area contributed by atoms with Gasteiger partial charge in [0.25, 0.3) is 5.91 Å². The van der Waals surface area contributed by atoms with Crippen LogP contribution in [0.1, 0.15) is 35.4 Å². The maximum atomic E-state index is 12.6. The SMILES string of the molecule is COc1cc2ccccc2cc1C(=O)NN=Cc1ccc(N2CCCCC2)o1. The number of carbonyl (C=O) groups excluding carboxylic acids is 1. The van der Waals surface area contributed by atoms with Crippen LogP contribution in [0.2, 0.25) is 0 Å². The molecule has 1 aliphatic heterocycles. The van der Waals surface area contributed by atoms with E-state index in [9.17, 15) is 4.79 Å². The molecular weight excluding hydrogens is 354 g/mol. The molecule has 1 aromatic heterocycles. The molecule has 1 N–H and O–H groups in total. The zero-order chi connectivity index (χ0) is 19.3. The van der Waals surface area contributed by atoms with Crippen LogP contribution in [-0.4, -0.2) is 32.3 Å². The van der Waals surface area contributed by atoms with Crippen LogP contribution in [0, 0.1) is 0 Å². The number of methoxy groups -OCH3 is 1. The summed E-state index contributed by atoms with van der Waals surface area (Å²) in [7, 11) is 1.55. The quantitative estimate of drug-likeness (QED) is 0.535. The fourth-order valence-corrected chi connectivity index (χ4v) is 3.48. The third-order valence-electron chi connectivity index (χ3n) is 4.95. The van der Waals surface area contributed by atoms with Crippen molar-refractivity contribution in [3.05, 3.63) is 59.9 Å². The second-order valence-corrected chi connectivity index (χ2v) is 6.82. The van der Waals surface area contributed by atoms with Gasteiger partial charge in [-0.1, -0.05) is 24.3 Å². The number of nitrogens with zero attached hydrogens (tertiary/aromatic N) is 2. The predicted octanol–water partition coefficient (Wildman–Crippen LogP) is 4.20.